The van der Waals surface area contributed by atoms with Crippen LogP contribution in [0.1, 0.15) is 15.9 Å². The van der Waals surface area contributed by atoms with Crippen molar-refractivity contribution in [2.75, 3.05) is 0 Å². The van der Waals surface area contributed by atoms with E-state index >= 15 is 0 Å². The van der Waals surface area contributed by atoms with Gasteiger partial charge in [0.25, 0.3) is 11.6 Å². The van der Waals surface area contributed by atoms with E-state index in [1.165, 1.54) is 24.3 Å². The summed E-state index contributed by atoms with van der Waals surface area (Å²) in [6, 6.07) is 15.0. The van der Waals surface area contributed by atoms with Gasteiger partial charge in [0.05, 0.1) is 4.92 Å². The molecule has 0 aliphatic rings. The molecule has 0 unspecified atom stereocenters. The van der Waals surface area contributed by atoms with E-state index in [1.807, 2.05) is 30.3 Å². The van der Waals surface area contributed by atoms with Crippen LogP contribution in [0.15, 0.2) is 59.7 Å². The van der Waals surface area contributed by atoms with Crippen LogP contribution < -0.4 is 5.43 Å². The lowest BCUT2D eigenvalue weighted by atomic mass is 10.2. The van der Waals surface area contributed by atoms with E-state index in [0.29, 0.717) is 12.0 Å². The minimum Gasteiger partial charge on any atom is -0.267 e. The largest absolute Gasteiger partial charge is 0.271 e. The van der Waals surface area contributed by atoms with Crippen LogP contribution in [0.25, 0.3) is 0 Å². The third-order valence-electron chi connectivity index (χ3n) is 2.77. The van der Waals surface area contributed by atoms with Gasteiger partial charge >= 0.3 is 0 Å². The van der Waals surface area contributed by atoms with Crippen LogP contribution in [-0.2, 0) is 6.42 Å². The second-order valence-electron chi connectivity index (χ2n) is 4.25. The van der Waals surface area contributed by atoms with Crippen LogP contribution in [0.5, 0.6) is 0 Å². The first-order valence-corrected chi connectivity index (χ1v) is 6.27. The number of benzene rings is 2. The fourth-order valence-corrected chi connectivity index (χ4v) is 1.67. The number of nitro groups is 1. The summed E-state index contributed by atoms with van der Waals surface area (Å²) in [4.78, 5) is 21.7. The molecule has 21 heavy (non-hydrogen) atoms. The minimum atomic E-state index is -0.514. The van der Waals surface area contributed by atoms with Crippen LogP contribution in [0.3, 0.4) is 0 Å². The molecule has 0 atom stereocenters. The van der Waals surface area contributed by atoms with E-state index in [0.717, 1.165) is 5.56 Å². The number of non-ortho nitro benzene ring substituents is 1. The van der Waals surface area contributed by atoms with Crippen LogP contribution in [0, 0.1) is 10.1 Å². The molecule has 0 bridgehead atoms. The van der Waals surface area contributed by atoms with Crippen molar-refractivity contribution in [1.82, 2.24) is 5.43 Å². The standard InChI is InChI=1S/C15H13N3O3/c19-15(13-6-8-14(9-7-13)18(20)21)17-16-11-10-12-4-2-1-3-5-12/h1-9,11H,10H2,(H,17,19). The molecule has 1 amide bonds. The molecule has 2 rings (SSSR count). The number of nitro benzene ring substituents is 1. The molecular weight excluding hydrogens is 270 g/mol. The molecule has 6 nitrogen and oxygen atoms in total. The van der Waals surface area contributed by atoms with Crippen molar-refractivity contribution in [3.63, 3.8) is 0 Å². The molecule has 2 aromatic rings. The molecule has 0 radical (unpaired) electrons. The lowest BCUT2D eigenvalue weighted by molar-refractivity contribution is -0.384. The van der Waals surface area contributed by atoms with Crippen LogP contribution in [0.4, 0.5) is 5.69 Å². The quantitative estimate of drug-likeness (QED) is 0.520. The topological polar surface area (TPSA) is 84.6 Å². The summed E-state index contributed by atoms with van der Waals surface area (Å²) in [6.07, 6.45) is 2.21. The van der Waals surface area contributed by atoms with Gasteiger partial charge in [0.15, 0.2) is 0 Å². The van der Waals surface area contributed by atoms with Gasteiger partial charge in [-0.05, 0) is 17.7 Å². The highest BCUT2D eigenvalue weighted by molar-refractivity contribution is 5.94. The van der Waals surface area contributed by atoms with Gasteiger partial charge in [-0.15, -0.1) is 0 Å². The van der Waals surface area contributed by atoms with Crippen molar-refractivity contribution in [2.45, 2.75) is 6.42 Å². The number of carbonyl (C=O) groups is 1. The molecule has 0 aliphatic heterocycles. The van der Waals surface area contributed by atoms with Gasteiger partial charge < -0.3 is 0 Å². The Labute approximate surface area is 121 Å². The molecular formula is C15H13N3O3. The van der Waals surface area contributed by atoms with Gasteiger partial charge in [0.1, 0.15) is 0 Å². The van der Waals surface area contributed by atoms with E-state index in [1.54, 1.807) is 6.21 Å². The number of hydrogen-bond acceptors (Lipinski definition) is 4. The zero-order chi connectivity index (χ0) is 15.1. The zero-order valence-corrected chi connectivity index (χ0v) is 11.1. The maximum atomic E-state index is 11.7. The molecule has 0 aromatic heterocycles. The first-order chi connectivity index (χ1) is 10.2. The van der Waals surface area contributed by atoms with Crippen molar-refractivity contribution in [3.05, 3.63) is 75.8 Å². The Kier molecular flexibility index (Phi) is 4.76. The number of nitrogens with zero attached hydrogens (tertiary/aromatic N) is 2. The third-order valence-corrected chi connectivity index (χ3v) is 2.77. The van der Waals surface area contributed by atoms with Crippen molar-refractivity contribution >= 4 is 17.8 Å². The average Bonchev–Trinajstić information content (AvgIpc) is 2.52. The first-order valence-electron chi connectivity index (χ1n) is 6.27. The maximum absolute atomic E-state index is 11.7. The monoisotopic (exact) mass is 283 g/mol. The Hall–Kier alpha value is -3.02. The second-order valence-corrected chi connectivity index (χ2v) is 4.25. The predicted octanol–water partition coefficient (Wildman–Crippen LogP) is 2.55. The maximum Gasteiger partial charge on any atom is 0.271 e. The summed E-state index contributed by atoms with van der Waals surface area (Å²) in [5.41, 5.74) is 3.73. The third kappa shape index (κ3) is 4.24. The van der Waals surface area contributed by atoms with Gasteiger partial charge in [-0.25, -0.2) is 5.43 Å². The minimum absolute atomic E-state index is 0.0564. The molecule has 0 saturated carbocycles. The van der Waals surface area contributed by atoms with E-state index in [-0.39, 0.29) is 5.69 Å². The molecule has 2 aromatic carbocycles. The van der Waals surface area contributed by atoms with E-state index in [4.69, 9.17) is 0 Å². The highest BCUT2D eigenvalue weighted by Crippen LogP contribution is 2.11. The van der Waals surface area contributed by atoms with Gasteiger partial charge in [-0.3, -0.25) is 14.9 Å². The zero-order valence-electron chi connectivity index (χ0n) is 11.1. The van der Waals surface area contributed by atoms with Crippen molar-refractivity contribution in [2.24, 2.45) is 5.10 Å². The van der Waals surface area contributed by atoms with Crippen molar-refractivity contribution in [3.8, 4) is 0 Å². The van der Waals surface area contributed by atoms with Crippen LogP contribution in [-0.4, -0.2) is 17.0 Å². The predicted molar refractivity (Wildman–Crippen MR) is 79.2 cm³/mol. The molecule has 0 saturated heterocycles. The van der Waals surface area contributed by atoms with Gasteiger partial charge in [0.2, 0.25) is 0 Å². The molecule has 0 fully saturated rings. The Balaban J connectivity index is 1.88. The second kappa shape index (κ2) is 6.95. The molecule has 0 spiro atoms. The fourth-order valence-electron chi connectivity index (χ4n) is 1.67. The normalized spacial score (nSPS) is 10.5. The van der Waals surface area contributed by atoms with Gasteiger partial charge in [-0.1, -0.05) is 30.3 Å². The lowest BCUT2D eigenvalue weighted by Crippen LogP contribution is -2.17. The summed E-state index contributed by atoms with van der Waals surface area (Å²) in [5, 5.41) is 14.4. The Morgan fingerprint density at radius 1 is 1.14 bits per heavy atom. The van der Waals surface area contributed by atoms with Crippen LogP contribution >= 0.6 is 0 Å². The molecule has 6 heteroatoms. The van der Waals surface area contributed by atoms with Gasteiger partial charge in [0, 0.05) is 30.3 Å². The Morgan fingerprint density at radius 2 is 1.81 bits per heavy atom. The van der Waals surface area contributed by atoms with Crippen molar-refractivity contribution in [1.29, 1.82) is 0 Å². The smallest absolute Gasteiger partial charge is 0.267 e. The number of hydrazone groups is 1. The summed E-state index contributed by atoms with van der Waals surface area (Å²) in [6.45, 7) is 0. The summed E-state index contributed by atoms with van der Waals surface area (Å²) in [5.74, 6) is -0.408. The molecule has 0 aliphatic carbocycles. The number of nitrogens with one attached hydrogen (secondary N) is 1. The molecule has 1 N–H and O–H groups in total. The van der Waals surface area contributed by atoms with E-state index in [2.05, 4.69) is 10.5 Å². The summed E-state index contributed by atoms with van der Waals surface area (Å²) in [7, 11) is 0. The lowest BCUT2D eigenvalue weighted by Gasteiger charge is -1.99. The molecule has 0 heterocycles. The number of amides is 1. The first kappa shape index (κ1) is 14.4. The Morgan fingerprint density at radius 3 is 2.43 bits per heavy atom. The average molecular weight is 283 g/mol. The van der Waals surface area contributed by atoms with E-state index < -0.39 is 10.8 Å². The van der Waals surface area contributed by atoms with Gasteiger partial charge in [-0.2, -0.15) is 5.10 Å². The highest BCUT2D eigenvalue weighted by atomic mass is 16.6. The van der Waals surface area contributed by atoms with Crippen LogP contribution in [0.2, 0.25) is 0 Å². The molecule has 106 valence electrons. The van der Waals surface area contributed by atoms with E-state index in [9.17, 15) is 14.9 Å². The number of carbonyl (C=O) groups excluding carboxylic acids is 1. The Bertz CT molecular complexity index is 652. The summed E-state index contributed by atoms with van der Waals surface area (Å²) >= 11 is 0. The number of hydrogen-bond donors (Lipinski definition) is 1. The fraction of sp³-hybridized carbons (Fsp3) is 0.0667. The number of rotatable bonds is 5. The summed E-state index contributed by atoms with van der Waals surface area (Å²) < 4.78 is 0. The highest BCUT2D eigenvalue weighted by Gasteiger charge is 2.08. The SMILES string of the molecule is O=C(NN=CCc1ccccc1)c1ccc([N+](=O)[O-])cc1. The van der Waals surface area contributed by atoms with Crippen molar-refractivity contribution < 1.29 is 9.72 Å².